The van der Waals surface area contributed by atoms with Gasteiger partial charge in [0.2, 0.25) is 5.90 Å². The highest BCUT2D eigenvalue weighted by molar-refractivity contribution is 9.10. The molecule has 0 fully saturated rings. The van der Waals surface area contributed by atoms with Crippen molar-refractivity contribution < 1.29 is 14.1 Å². The summed E-state index contributed by atoms with van der Waals surface area (Å²) < 4.78 is 11.7. The van der Waals surface area contributed by atoms with E-state index in [1.807, 2.05) is 54.6 Å². The third-order valence-corrected chi connectivity index (χ3v) is 4.45. The average molecular weight is 409 g/mol. The van der Waals surface area contributed by atoms with Crippen molar-refractivity contribution in [3.8, 4) is 11.3 Å². The number of carbonyl (C=O) groups is 1. The molecule has 26 heavy (non-hydrogen) atoms. The van der Waals surface area contributed by atoms with Crippen molar-refractivity contribution in [2.45, 2.75) is 6.92 Å². The molecule has 0 aliphatic carbocycles. The smallest absolute Gasteiger partial charge is 0.363 e. The van der Waals surface area contributed by atoms with Crippen LogP contribution in [0.4, 0.5) is 0 Å². The summed E-state index contributed by atoms with van der Waals surface area (Å²) in [6.45, 7) is 1.77. The predicted molar refractivity (Wildman–Crippen MR) is 101 cm³/mol. The quantitative estimate of drug-likeness (QED) is 0.462. The molecule has 3 aromatic rings. The first-order chi connectivity index (χ1) is 12.6. The van der Waals surface area contributed by atoms with Crippen LogP contribution in [0.15, 0.2) is 74.3 Å². The van der Waals surface area contributed by atoms with Crippen LogP contribution in [0.3, 0.4) is 0 Å². The van der Waals surface area contributed by atoms with E-state index in [4.69, 9.17) is 9.26 Å². The Bertz CT molecular complexity index is 1030. The second-order valence-electron chi connectivity index (χ2n) is 5.72. The third-order valence-electron chi connectivity index (χ3n) is 3.92. The number of hydrogen-bond acceptors (Lipinski definition) is 5. The number of nitrogens with zero attached hydrogens (tertiary/aromatic N) is 2. The molecule has 1 aliphatic rings. The number of cyclic esters (lactones) is 1. The highest BCUT2D eigenvalue weighted by atomic mass is 79.9. The van der Waals surface area contributed by atoms with Gasteiger partial charge in [0.15, 0.2) is 5.70 Å². The van der Waals surface area contributed by atoms with Gasteiger partial charge in [0.05, 0.1) is 0 Å². The fourth-order valence-corrected chi connectivity index (χ4v) is 2.91. The van der Waals surface area contributed by atoms with E-state index in [1.165, 1.54) is 0 Å². The number of rotatable bonds is 3. The van der Waals surface area contributed by atoms with E-state index < -0.39 is 5.97 Å². The van der Waals surface area contributed by atoms with Crippen LogP contribution in [0, 0.1) is 6.92 Å². The maximum Gasteiger partial charge on any atom is 0.363 e. The molecule has 128 valence electrons. The number of aromatic nitrogens is 1. The number of aryl methyl sites for hydroxylation is 1. The number of aliphatic imine (C=N–C) groups is 1. The maximum atomic E-state index is 12.2. The van der Waals surface area contributed by atoms with Gasteiger partial charge in [0, 0.05) is 10.0 Å². The van der Waals surface area contributed by atoms with Crippen molar-refractivity contribution in [1.29, 1.82) is 0 Å². The van der Waals surface area contributed by atoms with Crippen LogP contribution < -0.4 is 0 Å². The van der Waals surface area contributed by atoms with Gasteiger partial charge in [-0.25, -0.2) is 9.79 Å². The molecule has 0 amide bonds. The normalized spacial score (nSPS) is 15.2. The van der Waals surface area contributed by atoms with E-state index in [1.54, 1.807) is 13.0 Å². The molecule has 0 atom stereocenters. The van der Waals surface area contributed by atoms with Crippen molar-refractivity contribution in [3.63, 3.8) is 0 Å². The van der Waals surface area contributed by atoms with Crippen molar-refractivity contribution in [3.05, 3.63) is 81.7 Å². The number of hydrogen-bond donors (Lipinski definition) is 0. The minimum atomic E-state index is -0.498. The zero-order valence-electron chi connectivity index (χ0n) is 13.8. The Balaban J connectivity index is 1.75. The summed E-state index contributed by atoms with van der Waals surface area (Å²) >= 11 is 3.39. The monoisotopic (exact) mass is 408 g/mol. The molecule has 0 N–H and O–H groups in total. The Hall–Kier alpha value is -2.99. The van der Waals surface area contributed by atoms with Crippen LogP contribution in [0.25, 0.3) is 17.3 Å². The van der Waals surface area contributed by atoms with E-state index in [0.29, 0.717) is 17.0 Å². The van der Waals surface area contributed by atoms with Crippen LogP contribution in [-0.2, 0) is 9.53 Å². The van der Waals surface area contributed by atoms with Crippen LogP contribution in [0.5, 0.6) is 0 Å². The molecule has 1 aromatic heterocycles. The summed E-state index contributed by atoms with van der Waals surface area (Å²) in [5.41, 5.74) is 3.14. The number of ether oxygens (including phenoxy) is 1. The highest BCUT2D eigenvalue weighted by Crippen LogP contribution is 2.29. The summed E-state index contributed by atoms with van der Waals surface area (Å²) in [6, 6.07) is 17.1. The molecule has 5 nitrogen and oxygen atoms in total. The van der Waals surface area contributed by atoms with E-state index >= 15 is 0 Å². The summed E-state index contributed by atoms with van der Waals surface area (Å²) in [5.74, 6) is 0.249. The highest BCUT2D eigenvalue weighted by Gasteiger charge is 2.30. The van der Waals surface area contributed by atoms with Gasteiger partial charge in [0.1, 0.15) is 17.0 Å². The van der Waals surface area contributed by atoms with Gasteiger partial charge >= 0.3 is 5.97 Å². The lowest BCUT2D eigenvalue weighted by Gasteiger charge is -2.01. The van der Waals surface area contributed by atoms with Gasteiger partial charge in [-0.15, -0.1) is 0 Å². The molecular formula is C20H13BrN2O3. The lowest BCUT2D eigenvalue weighted by molar-refractivity contribution is -0.129. The molecule has 0 radical (unpaired) electrons. The third kappa shape index (κ3) is 3.11. The second kappa shape index (κ2) is 6.72. The minimum absolute atomic E-state index is 0.205. The summed E-state index contributed by atoms with van der Waals surface area (Å²) in [5, 5.41) is 4.10. The Labute approximate surface area is 158 Å². The van der Waals surface area contributed by atoms with Gasteiger partial charge < -0.3 is 9.26 Å². The Morgan fingerprint density at radius 2 is 1.77 bits per heavy atom. The second-order valence-corrected chi connectivity index (χ2v) is 6.63. The molecule has 2 aromatic carbocycles. The summed E-state index contributed by atoms with van der Waals surface area (Å²) in [6.07, 6.45) is 1.69. The molecule has 0 unspecified atom stereocenters. The fraction of sp³-hybridized carbons (Fsp3) is 0.0500. The molecule has 0 saturated carbocycles. The first kappa shape index (κ1) is 16.5. The lowest BCUT2D eigenvalue weighted by atomic mass is 10.1. The van der Waals surface area contributed by atoms with E-state index in [-0.39, 0.29) is 11.6 Å². The first-order valence-electron chi connectivity index (χ1n) is 7.92. The Morgan fingerprint density at radius 3 is 2.50 bits per heavy atom. The zero-order chi connectivity index (χ0) is 18.1. The van der Waals surface area contributed by atoms with Gasteiger partial charge in [-0.1, -0.05) is 63.6 Å². The SMILES string of the molecule is Cc1onc(-c2ccccc2)c1C1=NC(=Cc2ccc(Br)cc2)C(=O)O1. The number of carbonyl (C=O) groups excluding carboxylic acids is 1. The molecule has 2 heterocycles. The Morgan fingerprint density at radius 1 is 1.04 bits per heavy atom. The van der Waals surface area contributed by atoms with Crippen molar-refractivity contribution >= 4 is 33.9 Å². The zero-order valence-corrected chi connectivity index (χ0v) is 15.4. The number of esters is 1. The average Bonchev–Trinajstić information content (AvgIpc) is 3.20. The summed E-state index contributed by atoms with van der Waals surface area (Å²) in [4.78, 5) is 16.6. The molecule has 0 bridgehead atoms. The molecule has 6 heteroatoms. The van der Waals surface area contributed by atoms with Crippen LogP contribution >= 0.6 is 15.9 Å². The van der Waals surface area contributed by atoms with Gasteiger partial charge in [-0.2, -0.15) is 0 Å². The molecular weight excluding hydrogens is 396 g/mol. The molecule has 4 rings (SSSR count). The predicted octanol–water partition coefficient (Wildman–Crippen LogP) is 4.76. The topological polar surface area (TPSA) is 64.7 Å². The fourth-order valence-electron chi connectivity index (χ4n) is 2.65. The maximum absolute atomic E-state index is 12.2. The first-order valence-corrected chi connectivity index (χ1v) is 8.71. The minimum Gasteiger partial charge on any atom is -0.402 e. The van der Waals surface area contributed by atoms with Gasteiger partial charge in [0.25, 0.3) is 0 Å². The van der Waals surface area contributed by atoms with Crippen LogP contribution in [0.1, 0.15) is 16.9 Å². The van der Waals surface area contributed by atoms with E-state index in [0.717, 1.165) is 15.6 Å². The van der Waals surface area contributed by atoms with Crippen molar-refractivity contribution in [2.24, 2.45) is 4.99 Å². The van der Waals surface area contributed by atoms with Gasteiger partial charge in [-0.3, -0.25) is 0 Å². The molecule has 0 spiro atoms. The van der Waals surface area contributed by atoms with Crippen LogP contribution in [0.2, 0.25) is 0 Å². The van der Waals surface area contributed by atoms with Crippen molar-refractivity contribution in [2.75, 3.05) is 0 Å². The standard InChI is InChI=1S/C20H13BrN2O3/c1-12-17(18(23-26-12)14-5-3-2-4-6-14)19-22-16(20(24)25-19)11-13-7-9-15(21)10-8-13/h2-11H,1H3. The molecule has 0 saturated heterocycles. The number of benzene rings is 2. The van der Waals surface area contributed by atoms with Crippen molar-refractivity contribution in [1.82, 2.24) is 5.16 Å². The lowest BCUT2D eigenvalue weighted by Crippen LogP contribution is -2.07. The largest absolute Gasteiger partial charge is 0.402 e. The van der Waals surface area contributed by atoms with E-state index in [9.17, 15) is 4.79 Å². The molecule has 1 aliphatic heterocycles. The number of halogens is 1. The van der Waals surface area contributed by atoms with Crippen LogP contribution in [-0.4, -0.2) is 17.0 Å². The Kier molecular flexibility index (Phi) is 4.26. The van der Waals surface area contributed by atoms with Gasteiger partial charge in [-0.05, 0) is 30.7 Å². The summed E-state index contributed by atoms with van der Waals surface area (Å²) in [7, 11) is 0. The van der Waals surface area contributed by atoms with E-state index in [2.05, 4.69) is 26.1 Å².